The van der Waals surface area contributed by atoms with Gasteiger partial charge in [-0.05, 0) is 26.0 Å². The van der Waals surface area contributed by atoms with Crippen LogP contribution in [-0.2, 0) is 11.3 Å². The number of carbonyl (C=O) groups is 1. The van der Waals surface area contributed by atoms with Gasteiger partial charge in [-0.15, -0.1) is 0 Å². The van der Waals surface area contributed by atoms with E-state index in [1.807, 2.05) is 0 Å². The number of hydrogen-bond donors (Lipinski definition) is 1. The highest BCUT2D eigenvalue weighted by molar-refractivity contribution is 5.83. The van der Waals surface area contributed by atoms with Crippen molar-refractivity contribution >= 4 is 22.7 Å². The van der Waals surface area contributed by atoms with E-state index in [1.165, 1.54) is 4.57 Å². The maximum atomic E-state index is 11.6. The van der Waals surface area contributed by atoms with Gasteiger partial charge < -0.3 is 4.42 Å². The number of amides is 1. The maximum Gasteiger partial charge on any atom is 0.420 e. The summed E-state index contributed by atoms with van der Waals surface area (Å²) in [5.74, 6) is -0.923. The molecule has 2 aromatic rings. The van der Waals surface area contributed by atoms with Gasteiger partial charge in [0.05, 0.1) is 5.52 Å². The second kappa shape index (κ2) is 4.87. The molecule has 0 aliphatic heterocycles. The van der Waals surface area contributed by atoms with E-state index < -0.39 is 5.76 Å². The Balaban J connectivity index is 2.27. The molecule has 1 N–H and O–H groups in total. The molecular weight excluding hydrogens is 234 g/mol. The van der Waals surface area contributed by atoms with Crippen LogP contribution in [0.4, 0.5) is 0 Å². The number of nitrogens with one attached hydrogen (secondary N) is 1. The minimum atomic E-state index is -0.552. The number of carbonyl (C=O) groups excluding carboxylic acids is 1. The zero-order chi connectivity index (χ0) is 13.1. The van der Waals surface area contributed by atoms with Crippen LogP contribution in [0.25, 0.3) is 11.1 Å². The molecule has 2 rings (SSSR count). The number of para-hydroxylation sites is 2. The number of hydrazone groups is 1. The molecule has 0 bridgehead atoms. The topological polar surface area (TPSA) is 76.6 Å². The molecule has 6 heteroatoms. The molecule has 94 valence electrons. The fraction of sp³-hybridized carbons (Fsp3) is 0.250. The average Bonchev–Trinajstić information content (AvgIpc) is 2.64. The van der Waals surface area contributed by atoms with Crippen LogP contribution < -0.4 is 11.2 Å². The third-order valence-electron chi connectivity index (χ3n) is 2.28. The third kappa shape index (κ3) is 2.48. The van der Waals surface area contributed by atoms with Crippen molar-refractivity contribution in [2.45, 2.75) is 20.4 Å². The van der Waals surface area contributed by atoms with Gasteiger partial charge in [-0.3, -0.25) is 9.36 Å². The summed E-state index contributed by atoms with van der Waals surface area (Å²) in [6.45, 7) is 3.41. The van der Waals surface area contributed by atoms with E-state index in [9.17, 15) is 9.59 Å². The van der Waals surface area contributed by atoms with Gasteiger partial charge in [-0.1, -0.05) is 12.1 Å². The Kier molecular flexibility index (Phi) is 3.27. The first-order valence-electron chi connectivity index (χ1n) is 5.46. The molecular formula is C12H13N3O3. The number of aromatic nitrogens is 1. The van der Waals surface area contributed by atoms with Gasteiger partial charge in [0.2, 0.25) is 0 Å². The number of oxazole rings is 1. The summed E-state index contributed by atoms with van der Waals surface area (Å²) in [4.78, 5) is 23.2. The van der Waals surface area contributed by atoms with Gasteiger partial charge in [-0.2, -0.15) is 5.10 Å². The van der Waals surface area contributed by atoms with E-state index in [0.717, 1.165) is 5.71 Å². The molecule has 0 unspecified atom stereocenters. The summed E-state index contributed by atoms with van der Waals surface area (Å²) in [5.41, 5.74) is 4.15. The quantitative estimate of drug-likeness (QED) is 0.652. The first kappa shape index (κ1) is 12.1. The molecule has 0 aliphatic rings. The normalized spacial score (nSPS) is 10.3. The average molecular weight is 247 g/mol. The zero-order valence-electron chi connectivity index (χ0n) is 10.1. The van der Waals surface area contributed by atoms with Crippen LogP contribution in [0.15, 0.2) is 38.6 Å². The number of hydrogen-bond acceptors (Lipinski definition) is 4. The standard InChI is InChI=1S/C12H13N3O3/c1-8(2)13-14-11(16)7-15-9-5-3-4-6-10(9)18-12(15)17/h3-6H,7H2,1-2H3,(H,14,16). The molecule has 1 aromatic heterocycles. The van der Waals surface area contributed by atoms with Crippen molar-refractivity contribution < 1.29 is 9.21 Å². The fourth-order valence-electron chi connectivity index (χ4n) is 1.52. The van der Waals surface area contributed by atoms with E-state index in [0.29, 0.717) is 11.1 Å². The summed E-state index contributed by atoms with van der Waals surface area (Å²) in [6.07, 6.45) is 0. The molecule has 0 radical (unpaired) electrons. The molecule has 1 amide bonds. The van der Waals surface area contributed by atoms with Crippen molar-refractivity contribution in [2.24, 2.45) is 5.10 Å². The lowest BCUT2D eigenvalue weighted by Crippen LogP contribution is -2.28. The van der Waals surface area contributed by atoms with Crippen LogP contribution >= 0.6 is 0 Å². The highest BCUT2D eigenvalue weighted by Crippen LogP contribution is 2.11. The van der Waals surface area contributed by atoms with Gasteiger partial charge in [0.1, 0.15) is 6.54 Å². The SMILES string of the molecule is CC(C)=NNC(=O)Cn1c(=O)oc2ccccc21. The summed E-state index contributed by atoms with van der Waals surface area (Å²) in [6, 6.07) is 6.95. The number of benzene rings is 1. The Labute approximate surface area is 103 Å². The highest BCUT2D eigenvalue weighted by Gasteiger charge is 2.11. The van der Waals surface area contributed by atoms with E-state index >= 15 is 0 Å². The highest BCUT2D eigenvalue weighted by atomic mass is 16.4. The van der Waals surface area contributed by atoms with Gasteiger partial charge in [0.15, 0.2) is 5.58 Å². The van der Waals surface area contributed by atoms with Crippen LogP contribution in [0.3, 0.4) is 0 Å². The third-order valence-corrected chi connectivity index (χ3v) is 2.28. The van der Waals surface area contributed by atoms with Crippen molar-refractivity contribution in [1.82, 2.24) is 9.99 Å². The molecule has 6 nitrogen and oxygen atoms in total. The van der Waals surface area contributed by atoms with Crippen molar-refractivity contribution in [3.05, 3.63) is 34.8 Å². The molecule has 1 heterocycles. The Morgan fingerprint density at radius 2 is 2.11 bits per heavy atom. The summed E-state index contributed by atoms with van der Waals surface area (Å²) < 4.78 is 6.29. The first-order valence-corrected chi connectivity index (χ1v) is 5.46. The van der Waals surface area contributed by atoms with Crippen molar-refractivity contribution in [3.8, 4) is 0 Å². The van der Waals surface area contributed by atoms with E-state index in [-0.39, 0.29) is 12.5 Å². The van der Waals surface area contributed by atoms with E-state index in [1.54, 1.807) is 38.1 Å². The lowest BCUT2D eigenvalue weighted by Gasteiger charge is -2.01. The monoisotopic (exact) mass is 247 g/mol. The second-order valence-corrected chi connectivity index (χ2v) is 4.02. The molecule has 0 atom stereocenters. The molecule has 1 aromatic carbocycles. The summed E-state index contributed by atoms with van der Waals surface area (Å²) >= 11 is 0. The largest absolute Gasteiger partial charge is 0.420 e. The second-order valence-electron chi connectivity index (χ2n) is 4.02. The van der Waals surface area contributed by atoms with Crippen LogP contribution in [0, 0.1) is 0 Å². The Bertz CT molecular complexity index is 663. The van der Waals surface area contributed by atoms with Crippen LogP contribution in [0.2, 0.25) is 0 Å². The lowest BCUT2D eigenvalue weighted by molar-refractivity contribution is -0.121. The number of fused-ring (bicyclic) bond motifs is 1. The maximum absolute atomic E-state index is 11.6. The van der Waals surface area contributed by atoms with Gasteiger partial charge in [0.25, 0.3) is 5.91 Å². The van der Waals surface area contributed by atoms with Crippen molar-refractivity contribution in [3.63, 3.8) is 0 Å². The predicted molar refractivity (Wildman–Crippen MR) is 67.4 cm³/mol. The van der Waals surface area contributed by atoms with E-state index in [4.69, 9.17) is 4.42 Å². The van der Waals surface area contributed by atoms with Gasteiger partial charge in [0, 0.05) is 5.71 Å². The minimum Gasteiger partial charge on any atom is -0.408 e. The smallest absolute Gasteiger partial charge is 0.408 e. The van der Waals surface area contributed by atoms with E-state index in [2.05, 4.69) is 10.5 Å². The van der Waals surface area contributed by atoms with Gasteiger partial charge >= 0.3 is 5.76 Å². The van der Waals surface area contributed by atoms with Crippen molar-refractivity contribution in [2.75, 3.05) is 0 Å². The van der Waals surface area contributed by atoms with Crippen LogP contribution in [-0.4, -0.2) is 16.2 Å². The Hall–Kier alpha value is -2.37. The molecule has 18 heavy (non-hydrogen) atoms. The molecule has 0 spiro atoms. The van der Waals surface area contributed by atoms with Crippen molar-refractivity contribution in [1.29, 1.82) is 0 Å². The fourth-order valence-corrected chi connectivity index (χ4v) is 1.52. The molecule has 0 aliphatic carbocycles. The van der Waals surface area contributed by atoms with Crippen LogP contribution in [0.1, 0.15) is 13.8 Å². The number of rotatable bonds is 3. The Morgan fingerprint density at radius 3 is 2.83 bits per heavy atom. The van der Waals surface area contributed by atoms with Crippen LogP contribution in [0.5, 0.6) is 0 Å². The summed E-state index contributed by atoms with van der Waals surface area (Å²) in [7, 11) is 0. The summed E-state index contributed by atoms with van der Waals surface area (Å²) in [5, 5.41) is 3.79. The zero-order valence-corrected chi connectivity index (χ0v) is 10.1. The first-order chi connectivity index (χ1) is 8.58. The molecule has 0 fully saturated rings. The number of nitrogens with zero attached hydrogens (tertiary/aromatic N) is 2. The molecule has 0 saturated heterocycles. The van der Waals surface area contributed by atoms with Gasteiger partial charge in [-0.25, -0.2) is 10.2 Å². The Morgan fingerprint density at radius 1 is 1.39 bits per heavy atom. The molecule has 0 saturated carbocycles. The lowest BCUT2D eigenvalue weighted by atomic mass is 10.3. The minimum absolute atomic E-state index is 0.118. The predicted octanol–water partition coefficient (Wildman–Crippen LogP) is 1.11.